The van der Waals surface area contributed by atoms with Crippen LogP contribution >= 0.6 is 23.7 Å². The zero-order chi connectivity index (χ0) is 21.5. The SMILES string of the molecule is CCN(CC)CCN(C(=O)COc1ccc(C)cc1)c1nc2ccc(OC)cc2s1.Cl. The predicted octanol–water partition coefficient (Wildman–Crippen LogP) is 4.79. The summed E-state index contributed by atoms with van der Waals surface area (Å²) in [5.74, 6) is 1.36. The summed E-state index contributed by atoms with van der Waals surface area (Å²) in [6, 6.07) is 13.5. The van der Waals surface area contributed by atoms with Gasteiger partial charge in [-0.1, -0.05) is 42.9 Å². The number of ether oxygens (including phenoxy) is 2. The monoisotopic (exact) mass is 463 g/mol. The molecule has 1 aromatic heterocycles. The van der Waals surface area contributed by atoms with Crippen molar-refractivity contribution < 1.29 is 14.3 Å². The van der Waals surface area contributed by atoms with Gasteiger partial charge in [-0.25, -0.2) is 4.98 Å². The number of methoxy groups -OCH3 is 1. The van der Waals surface area contributed by atoms with E-state index >= 15 is 0 Å². The summed E-state index contributed by atoms with van der Waals surface area (Å²) < 4.78 is 12.1. The van der Waals surface area contributed by atoms with Crippen LogP contribution in [0.5, 0.6) is 11.5 Å². The Morgan fingerprint density at radius 2 is 1.71 bits per heavy atom. The Morgan fingerprint density at radius 3 is 2.35 bits per heavy atom. The van der Waals surface area contributed by atoms with E-state index in [-0.39, 0.29) is 24.9 Å². The number of rotatable bonds is 10. The second-order valence-electron chi connectivity index (χ2n) is 7.00. The van der Waals surface area contributed by atoms with E-state index in [2.05, 4.69) is 18.7 Å². The molecule has 0 unspecified atom stereocenters. The van der Waals surface area contributed by atoms with Crippen LogP contribution in [0.1, 0.15) is 19.4 Å². The first kappa shape index (κ1) is 24.9. The van der Waals surface area contributed by atoms with Gasteiger partial charge in [0.15, 0.2) is 11.7 Å². The van der Waals surface area contributed by atoms with Crippen molar-refractivity contribution in [1.29, 1.82) is 0 Å². The summed E-state index contributed by atoms with van der Waals surface area (Å²) in [5, 5.41) is 0.683. The molecule has 3 rings (SSSR count). The van der Waals surface area contributed by atoms with Crippen molar-refractivity contribution >= 4 is 45.0 Å². The lowest BCUT2D eigenvalue weighted by Crippen LogP contribution is -2.41. The fourth-order valence-corrected chi connectivity index (χ4v) is 4.14. The summed E-state index contributed by atoms with van der Waals surface area (Å²) in [5.41, 5.74) is 2.01. The number of aromatic nitrogens is 1. The summed E-state index contributed by atoms with van der Waals surface area (Å²) in [6.45, 7) is 9.47. The number of hydrogen-bond acceptors (Lipinski definition) is 6. The molecule has 31 heavy (non-hydrogen) atoms. The smallest absolute Gasteiger partial charge is 0.266 e. The topological polar surface area (TPSA) is 54.9 Å². The molecule has 8 heteroatoms. The van der Waals surface area contributed by atoms with E-state index in [9.17, 15) is 4.79 Å². The molecule has 0 bridgehead atoms. The van der Waals surface area contributed by atoms with Gasteiger partial charge in [0.2, 0.25) is 0 Å². The Balaban J connectivity index is 0.00000341. The molecular formula is C23H30ClN3O3S. The number of hydrogen-bond donors (Lipinski definition) is 0. The van der Waals surface area contributed by atoms with Gasteiger partial charge in [0, 0.05) is 13.1 Å². The standard InChI is InChI=1S/C23H29N3O3S.ClH/c1-5-25(6-2)13-14-26(22(27)16-29-18-9-7-17(3)8-10-18)23-24-20-12-11-19(28-4)15-21(20)30-23;/h7-12,15H,5-6,13-14,16H2,1-4H3;1H. The lowest BCUT2D eigenvalue weighted by molar-refractivity contribution is -0.120. The Hall–Kier alpha value is -2.35. The molecule has 0 fully saturated rings. The number of amides is 1. The highest BCUT2D eigenvalue weighted by atomic mass is 35.5. The van der Waals surface area contributed by atoms with E-state index in [4.69, 9.17) is 14.5 Å². The Kier molecular flexibility index (Phi) is 9.55. The zero-order valence-corrected chi connectivity index (χ0v) is 20.1. The maximum Gasteiger partial charge on any atom is 0.266 e. The predicted molar refractivity (Wildman–Crippen MR) is 130 cm³/mol. The fraction of sp³-hybridized carbons (Fsp3) is 0.391. The van der Waals surface area contributed by atoms with Gasteiger partial charge in [-0.2, -0.15) is 0 Å². The van der Waals surface area contributed by atoms with Crippen LogP contribution in [0.15, 0.2) is 42.5 Å². The van der Waals surface area contributed by atoms with Gasteiger partial charge in [-0.3, -0.25) is 9.69 Å². The molecule has 0 atom stereocenters. The highest BCUT2D eigenvalue weighted by Crippen LogP contribution is 2.31. The Bertz CT molecular complexity index is 974. The van der Waals surface area contributed by atoms with Crippen LogP contribution in [0.4, 0.5) is 5.13 Å². The first-order chi connectivity index (χ1) is 14.5. The minimum atomic E-state index is -0.103. The first-order valence-electron chi connectivity index (χ1n) is 10.2. The van der Waals surface area contributed by atoms with Crippen LogP contribution in [0.3, 0.4) is 0 Å². The van der Waals surface area contributed by atoms with Gasteiger partial charge in [0.05, 0.1) is 17.3 Å². The molecule has 0 spiro atoms. The first-order valence-corrected chi connectivity index (χ1v) is 11.0. The molecule has 0 N–H and O–H groups in total. The van der Waals surface area contributed by atoms with Gasteiger partial charge < -0.3 is 14.4 Å². The lowest BCUT2D eigenvalue weighted by Gasteiger charge is -2.24. The second-order valence-corrected chi connectivity index (χ2v) is 8.01. The van der Waals surface area contributed by atoms with Crippen LogP contribution in [0, 0.1) is 6.92 Å². The number of carbonyl (C=O) groups is 1. The van der Waals surface area contributed by atoms with Crippen LogP contribution in [0.25, 0.3) is 10.2 Å². The van der Waals surface area contributed by atoms with Gasteiger partial charge in [0.25, 0.3) is 5.91 Å². The molecule has 3 aromatic rings. The Morgan fingerprint density at radius 1 is 1.03 bits per heavy atom. The largest absolute Gasteiger partial charge is 0.497 e. The molecule has 0 aliphatic carbocycles. The third kappa shape index (κ3) is 6.56. The van der Waals surface area contributed by atoms with Gasteiger partial charge >= 0.3 is 0 Å². The zero-order valence-electron chi connectivity index (χ0n) is 18.5. The summed E-state index contributed by atoms with van der Waals surface area (Å²) in [7, 11) is 1.64. The summed E-state index contributed by atoms with van der Waals surface area (Å²) in [6.07, 6.45) is 0. The average Bonchev–Trinajstić information content (AvgIpc) is 3.19. The summed E-state index contributed by atoms with van der Waals surface area (Å²) >= 11 is 1.49. The maximum absolute atomic E-state index is 13.1. The van der Waals surface area contributed by atoms with Gasteiger partial charge in [-0.05, 0) is 50.3 Å². The number of carbonyl (C=O) groups excluding carboxylic acids is 1. The molecule has 0 aliphatic rings. The van der Waals surface area contributed by atoms with Gasteiger partial charge in [-0.15, -0.1) is 12.4 Å². The van der Waals surface area contributed by atoms with Crippen molar-refractivity contribution in [2.45, 2.75) is 20.8 Å². The van der Waals surface area contributed by atoms with Crippen molar-refractivity contribution in [2.75, 3.05) is 44.8 Å². The Labute approximate surface area is 194 Å². The van der Waals surface area contributed by atoms with E-state index in [1.165, 1.54) is 11.3 Å². The normalized spacial score (nSPS) is 10.7. The van der Waals surface area contributed by atoms with Crippen molar-refractivity contribution in [3.63, 3.8) is 0 Å². The quantitative estimate of drug-likeness (QED) is 0.432. The maximum atomic E-state index is 13.1. The number of benzene rings is 2. The molecular weight excluding hydrogens is 434 g/mol. The van der Waals surface area contributed by atoms with Crippen LogP contribution in [-0.2, 0) is 4.79 Å². The van der Waals surface area contributed by atoms with Crippen LogP contribution < -0.4 is 14.4 Å². The number of halogens is 1. The van der Waals surface area contributed by atoms with Crippen LogP contribution in [-0.4, -0.2) is 55.7 Å². The molecule has 1 heterocycles. The number of aryl methyl sites for hydroxylation is 1. The third-order valence-corrected chi connectivity index (χ3v) is 6.07. The number of nitrogens with zero attached hydrogens (tertiary/aromatic N) is 3. The molecule has 0 saturated heterocycles. The van der Waals surface area contributed by atoms with E-state index in [1.807, 2.05) is 49.4 Å². The van der Waals surface area contributed by atoms with Crippen molar-refractivity contribution in [2.24, 2.45) is 0 Å². The summed E-state index contributed by atoms with van der Waals surface area (Å²) in [4.78, 5) is 21.8. The lowest BCUT2D eigenvalue weighted by atomic mass is 10.2. The number of likely N-dealkylation sites (N-methyl/N-ethyl adjacent to an activating group) is 1. The molecule has 2 aromatic carbocycles. The minimum Gasteiger partial charge on any atom is -0.497 e. The highest BCUT2D eigenvalue weighted by Gasteiger charge is 2.21. The molecule has 168 valence electrons. The molecule has 0 aliphatic heterocycles. The molecule has 0 radical (unpaired) electrons. The van der Waals surface area contributed by atoms with Crippen molar-refractivity contribution in [3.8, 4) is 11.5 Å². The molecule has 1 amide bonds. The average molecular weight is 464 g/mol. The van der Waals surface area contributed by atoms with E-state index < -0.39 is 0 Å². The van der Waals surface area contributed by atoms with E-state index in [0.29, 0.717) is 17.4 Å². The van der Waals surface area contributed by atoms with E-state index in [0.717, 1.165) is 41.2 Å². The third-order valence-electron chi connectivity index (χ3n) is 5.03. The van der Waals surface area contributed by atoms with Crippen LogP contribution in [0.2, 0.25) is 0 Å². The number of thiazole rings is 1. The van der Waals surface area contributed by atoms with Crippen molar-refractivity contribution in [3.05, 3.63) is 48.0 Å². The number of fused-ring (bicyclic) bond motifs is 1. The number of anilines is 1. The fourth-order valence-electron chi connectivity index (χ4n) is 3.10. The van der Waals surface area contributed by atoms with Gasteiger partial charge in [0.1, 0.15) is 11.5 Å². The second kappa shape index (κ2) is 11.9. The minimum absolute atomic E-state index is 0. The van der Waals surface area contributed by atoms with E-state index in [1.54, 1.807) is 12.0 Å². The highest BCUT2D eigenvalue weighted by molar-refractivity contribution is 7.22. The van der Waals surface area contributed by atoms with Crippen molar-refractivity contribution in [1.82, 2.24) is 9.88 Å². The molecule has 6 nitrogen and oxygen atoms in total. The molecule has 0 saturated carbocycles.